The molecule has 1 aromatic rings. The molecule has 0 saturated carbocycles. The van der Waals surface area contributed by atoms with E-state index in [0.29, 0.717) is 5.92 Å². The van der Waals surface area contributed by atoms with E-state index in [0.717, 1.165) is 32.6 Å². The highest BCUT2D eigenvalue weighted by Crippen LogP contribution is 2.01. The number of aromatic nitrogens is 1. The fourth-order valence-corrected chi connectivity index (χ4v) is 1.62. The molecule has 0 aromatic carbocycles. The molecular weight excluding hydrogens is 200 g/mol. The van der Waals surface area contributed by atoms with E-state index in [4.69, 9.17) is 4.74 Å². The molecule has 0 saturated heterocycles. The SMILES string of the molecule is CNCC(C)COCCCc1ccncc1. The van der Waals surface area contributed by atoms with Crippen molar-refractivity contribution in [1.82, 2.24) is 10.3 Å². The zero-order valence-electron chi connectivity index (χ0n) is 10.3. The zero-order valence-corrected chi connectivity index (χ0v) is 10.3. The highest BCUT2D eigenvalue weighted by Gasteiger charge is 2.00. The summed E-state index contributed by atoms with van der Waals surface area (Å²) in [5.41, 5.74) is 1.34. The summed E-state index contributed by atoms with van der Waals surface area (Å²) < 4.78 is 5.61. The second-order valence-electron chi connectivity index (χ2n) is 4.20. The van der Waals surface area contributed by atoms with Gasteiger partial charge in [-0.15, -0.1) is 0 Å². The van der Waals surface area contributed by atoms with Gasteiger partial charge in [0.25, 0.3) is 0 Å². The van der Waals surface area contributed by atoms with Gasteiger partial charge in [-0.05, 0) is 50.0 Å². The van der Waals surface area contributed by atoms with Crippen LogP contribution in [-0.2, 0) is 11.2 Å². The number of nitrogens with zero attached hydrogens (tertiary/aromatic N) is 1. The average molecular weight is 222 g/mol. The minimum Gasteiger partial charge on any atom is -0.381 e. The Kier molecular flexibility index (Phi) is 6.77. The number of hydrogen-bond donors (Lipinski definition) is 1. The molecule has 1 unspecified atom stereocenters. The maximum absolute atomic E-state index is 5.61. The first kappa shape index (κ1) is 13.1. The molecule has 0 fully saturated rings. The van der Waals surface area contributed by atoms with Gasteiger partial charge < -0.3 is 10.1 Å². The molecule has 0 radical (unpaired) electrons. The lowest BCUT2D eigenvalue weighted by Crippen LogP contribution is -2.20. The van der Waals surface area contributed by atoms with E-state index in [1.807, 2.05) is 19.4 Å². The third kappa shape index (κ3) is 5.83. The van der Waals surface area contributed by atoms with E-state index in [2.05, 4.69) is 29.4 Å². The van der Waals surface area contributed by atoms with Crippen LogP contribution in [0.5, 0.6) is 0 Å². The van der Waals surface area contributed by atoms with Gasteiger partial charge in [0.15, 0.2) is 0 Å². The summed E-state index contributed by atoms with van der Waals surface area (Å²) in [6.07, 6.45) is 5.83. The molecule has 16 heavy (non-hydrogen) atoms. The van der Waals surface area contributed by atoms with Gasteiger partial charge in [-0.25, -0.2) is 0 Å². The van der Waals surface area contributed by atoms with Crippen LogP contribution >= 0.6 is 0 Å². The largest absolute Gasteiger partial charge is 0.381 e. The second-order valence-corrected chi connectivity index (χ2v) is 4.20. The molecule has 0 aliphatic carbocycles. The van der Waals surface area contributed by atoms with Gasteiger partial charge in [-0.1, -0.05) is 6.92 Å². The summed E-state index contributed by atoms with van der Waals surface area (Å²) in [4.78, 5) is 4.00. The number of rotatable bonds is 8. The Balaban J connectivity index is 2.00. The van der Waals surface area contributed by atoms with Gasteiger partial charge in [0, 0.05) is 19.0 Å². The van der Waals surface area contributed by atoms with Crippen molar-refractivity contribution >= 4 is 0 Å². The molecule has 1 aromatic heterocycles. The Morgan fingerprint density at radius 2 is 2.12 bits per heavy atom. The van der Waals surface area contributed by atoms with Crippen LogP contribution in [0.15, 0.2) is 24.5 Å². The Morgan fingerprint density at radius 1 is 1.38 bits per heavy atom. The van der Waals surface area contributed by atoms with Gasteiger partial charge in [-0.3, -0.25) is 4.98 Å². The number of nitrogens with one attached hydrogen (secondary N) is 1. The molecular formula is C13H22N2O. The third-order valence-corrected chi connectivity index (χ3v) is 2.46. The Hall–Kier alpha value is -0.930. The van der Waals surface area contributed by atoms with Crippen molar-refractivity contribution in [2.45, 2.75) is 19.8 Å². The van der Waals surface area contributed by atoms with Crippen LogP contribution in [0.4, 0.5) is 0 Å². The molecule has 3 heteroatoms. The topological polar surface area (TPSA) is 34.1 Å². The van der Waals surface area contributed by atoms with Crippen molar-refractivity contribution < 1.29 is 4.74 Å². The van der Waals surface area contributed by atoms with Crippen molar-refractivity contribution in [3.63, 3.8) is 0 Å². The molecule has 0 aliphatic rings. The predicted molar refractivity (Wildman–Crippen MR) is 66.5 cm³/mol. The summed E-state index contributed by atoms with van der Waals surface area (Å²) >= 11 is 0. The normalized spacial score (nSPS) is 12.6. The minimum absolute atomic E-state index is 0.589. The number of pyridine rings is 1. The van der Waals surface area contributed by atoms with Crippen LogP contribution in [0.25, 0.3) is 0 Å². The minimum atomic E-state index is 0.589. The first-order chi connectivity index (χ1) is 7.83. The van der Waals surface area contributed by atoms with Crippen molar-refractivity contribution in [1.29, 1.82) is 0 Å². The Labute approximate surface area is 98.2 Å². The monoisotopic (exact) mass is 222 g/mol. The zero-order chi connectivity index (χ0) is 11.6. The lowest BCUT2D eigenvalue weighted by atomic mass is 10.1. The molecule has 3 nitrogen and oxygen atoms in total. The summed E-state index contributed by atoms with van der Waals surface area (Å²) in [5.74, 6) is 0.589. The van der Waals surface area contributed by atoms with Crippen LogP contribution < -0.4 is 5.32 Å². The van der Waals surface area contributed by atoms with Crippen LogP contribution in [0, 0.1) is 5.92 Å². The van der Waals surface area contributed by atoms with Gasteiger partial charge in [0.1, 0.15) is 0 Å². The smallest absolute Gasteiger partial charge is 0.0503 e. The van der Waals surface area contributed by atoms with Gasteiger partial charge in [0.2, 0.25) is 0 Å². The Bertz CT molecular complexity index is 264. The molecule has 0 amide bonds. The van der Waals surface area contributed by atoms with Crippen molar-refractivity contribution in [2.75, 3.05) is 26.8 Å². The van der Waals surface area contributed by atoms with Crippen LogP contribution in [0.2, 0.25) is 0 Å². The number of hydrogen-bond acceptors (Lipinski definition) is 3. The molecule has 0 spiro atoms. The quantitative estimate of drug-likeness (QED) is 0.682. The predicted octanol–water partition coefficient (Wildman–Crippen LogP) is 1.89. The molecule has 0 bridgehead atoms. The molecule has 0 aliphatic heterocycles. The van der Waals surface area contributed by atoms with Crippen molar-refractivity contribution in [3.8, 4) is 0 Å². The van der Waals surface area contributed by atoms with Gasteiger partial charge in [-0.2, -0.15) is 0 Å². The summed E-state index contributed by atoms with van der Waals surface area (Å²) in [6.45, 7) is 4.90. The van der Waals surface area contributed by atoms with E-state index in [9.17, 15) is 0 Å². The Morgan fingerprint density at radius 3 is 2.81 bits per heavy atom. The highest BCUT2D eigenvalue weighted by molar-refractivity contribution is 5.09. The molecule has 1 heterocycles. The molecule has 1 atom stereocenters. The number of aryl methyl sites for hydroxylation is 1. The first-order valence-corrected chi connectivity index (χ1v) is 5.94. The third-order valence-electron chi connectivity index (χ3n) is 2.46. The first-order valence-electron chi connectivity index (χ1n) is 5.94. The van der Waals surface area contributed by atoms with Crippen molar-refractivity contribution in [2.24, 2.45) is 5.92 Å². The standard InChI is InChI=1S/C13H22N2O/c1-12(10-14-2)11-16-9-3-4-13-5-7-15-8-6-13/h5-8,12,14H,3-4,9-11H2,1-2H3. The van der Waals surface area contributed by atoms with E-state index in [1.165, 1.54) is 5.56 Å². The lowest BCUT2D eigenvalue weighted by molar-refractivity contribution is 0.103. The summed E-state index contributed by atoms with van der Waals surface area (Å²) in [6, 6.07) is 4.12. The van der Waals surface area contributed by atoms with E-state index < -0.39 is 0 Å². The van der Waals surface area contributed by atoms with Crippen LogP contribution in [-0.4, -0.2) is 31.8 Å². The van der Waals surface area contributed by atoms with Crippen LogP contribution in [0.3, 0.4) is 0 Å². The number of ether oxygens (including phenoxy) is 1. The highest BCUT2D eigenvalue weighted by atomic mass is 16.5. The van der Waals surface area contributed by atoms with Gasteiger partial charge >= 0.3 is 0 Å². The van der Waals surface area contributed by atoms with E-state index in [1.54, 1.807) is 0 Å². The maximum Gasteiger partial charge on any atom is 0.0503 e. The maximum atomic E-state index is 5.61. The molecule has 1 rings (SSSR count). The molecule has 90 valence electrons. The van der Waals surface area contributed by atoms with E-state index in [-0.39, 0.29) is 0 Å². The summed E-state index contributed by atoms with van der Waals surface area (Å²) in [5, 5.41) is 3.15. The second kappa shape index (κ2) is 8.25. The average Bonchev–Trinajstić information content (AvgIpc) is 2.30. The fourth-order valence-electron chi connectivity index (χ4n) is 1.62. The van der Waals surface area contributed by atoms with Crippen LogP contribution in [0.1, 0.15) is 18.9 Å². The van der Waals surface area contributed by atoms with E-state index >= 15 is 0 Å². The lowest BCUT2D eigenvalue weighted by Gasteiger charge is -2.11. The van der Waals surface area contributed by atoms with Crippen molar-refractivity contribution in [3.05, 3.63) is 30.1 Å². The van der Waals surface area contributed by atoms with Gasteiger partial charge in [0.05, 0.1) is 6.61 Å². The fraction of sp³-hybridized carbons (Fsp3) is 0.615. The summed E-state index contributed by atoms with van der Waals surface area (Å²) in [7, 11) is 1.97. The molecule has 1 N–H and O–H groups in total.